The first-order valence-electron chi connectivity index (χ1n) is 6.71. The Hall–Kier alpha value is -0.610. The molecule has 2 unspecified atom stereocenters. The van der Waals surface area contributed by atoms with E-state index in [0.717, 1.165) is 38.6 Å². The molecule has 1 aliphatic heterocycles. The average molecular weight is 243 g/mol. The van der Waals surface area contributed by atoms with Crippen molar-refractivity contribution in [3.05, 3.63) is 0 Å². The van der Waals surface area contributed by atoms with Crippen molar-refractivity contribution in [3.8, 4) is 0 Å². The molecule has 1 rings (SSSR count). The number of esters is 1. The monoisotopic (exact) mass is 243 g/mol. The van der Waals surface area contributed by atoms with Gasteiger partial charge >= 0.3 is 5.97 Å². The van der Waals surface area contributed by atoms with Crippen LogP contribution in [0.3, 0.4) is 0 Å². The minimum absolute atomic E-state index is 0.129. The maximum absolute atomic E-state index is 11.6. The third-order valence-electron chi connectivity index (χ3n) is 3.21. The van der Waals surface area contributed by atoms with Gasteiger partial charge in [0.15, 0.2) is 0 Å². The number of aliphatic hydroxyl groups excluding tert-OH is 1. The van der Waals surface area contributed by atoms with E-state index in [9.17, 15) is 9.90 Å². The highest BCUT2D eigenvalue weighted by Crippen LogP contribution is 2.21. The minimum Gasteiger partial charge on any atom is -0.465 e. The maximum atomic E-state index is 11.6. The van der Waals surface area contributed by atoms with Crippen LogP contribution in [0, 0.1) is 0 Å². The van der Waals surface area contributed by atoms with Crippen LogP contribution in [0.1, 0.15) is 46.0 Å². The summed E-state index contributed by atoms with van der Waals surface area (Å²) in [7, 11) is 0. The molecule has 4 heteroatoms. The lowest BCUT2D eigenvalue weighted by atomic mass is 10.1. The Kier molecular flexibility index (Phi) is 6.52. The first-order valence-corrected chi connectivity index (χ1v) is 6.71. The van der Waals surface area contributed by atoms with Gasteiger partial charge in [-0.3, -0.25) is 9.69 Å². The van der Waals surface area contributed by atoms with Crippen LogP contribution in [0.15, 0.2) is 0 Å². The van der Waals surface area contributed by atoms with E-state index in [4.69, 9.17) is 4.74 Å². The van der Waals surface area contributed by atoms with E-state index in [1.807, 2.05) is 0 Å². The first kappa shape index (κ1) is 14.5. The first-order chi connectivity index (χ1) is 8.13. The molecule has 1 fully saturated rings. The molecular formula is C13H25NO3. The number of likely N-dealkylation sites (tertiary alicyclic amines) is 1. The largest absolute Gasteiger partial charge is 0.465 e. The summed E-state index contributed by atoms with van der Waals surface area (Å²) in [5, 5.41) is 9.40. The van der Waals surface area contributed by atoms with Gasteiger partial charge in [-0.25, -0.2) is 0 Å². The molecule has 1 heterocycles. The van der Waals surface area contributed by atoms with E-state index in [0.29, 0.717) is 19.2 Å². The van der Waals surface area contributed by atoms with E-state index >= 15 is 0 Å². The third-order valence-corrected chi connectivity index (χ3v) is 3.21. The molecule has 100 valence electrons. The fraction of sp³-hybridized carbons (Fsp3) is 0.923. The Bertz CT molecular complexity index is 231. The van der Waals surface area contributed by atoms with Gasteiger partial charge in [-0.2, -0.15) is 0 Å². The molecule has 0 saturated carbocycles. The smallest absolute Gasteiger partial charge is 0.320 e. The van der Waals surface area contributed by atoms with Crippen LogP contribution in [0.2, 0.25) is 0 Å². The fourth-order valence-electron chi connectivity index (χ4n) is 2.31. The second-order valence-electron chi connectivity index (χ2n) is 4.93. The number of carbonyl (C=O) groups excluding carboxylic acids is 1. The molecule has 17 heavy (non-hydrogen) atoms. The molecule has 2 atom stereocenters. The van der Waals surface area contributed by atoms with Crippen molar-refractivity contribution in [1.82, 2.24) is 4.90 Å². The van der Waals surface area contributed by atoms with Crippen molar-refractivity contribution >= 4 is 5.97 Å². The van der Waals surface area contributed by atoms with Crippen LogP contribution in [-0.4, -0.2) is 47.8 Å². The summed E-state index contributed by atoms with van der Waals surface area (Å²) < 4.78 is 5.15. The van der Waals surface area contributed by atoms with Crippen molar-refractivity contribution in [3.63, 3.8) is 0 Å². The van der Waals surface area contributed by atoms with Crippen LogP contribution in [0.4, 0.5) is 0 Å². The number of rotatable bonds is 7. The number of carbonyl (C=O) groups is 1. The summed E-state index contributed by atoms with van der Waals surface area (Å²) in [6.07, 6.45) is 4.62. The molecule has 1 N–H and O–H groups in total. The molecule has 4 nitrogen and oxygen atoms in total. The lowest BCUT2D eigenvalue weighted by Gasteiger charge is -2.24. The van der Waals surface area contributed by atoms with Gasteiger partial charge in [0, 0.05) is 6.04 Å². The third kappa shape index (κ3) is 5.50. The van der Waals surface area contributed by atoms with Crippen LogP contribution >= 0.6 is 0 Å². The van der Waals surface area contributed by atoms with Gasteiger partial charge in [-0.15, -0.1) is 0 Å². The lowest BCUT2D eigenvalue weighted by molar-refractivity contribution is -0.145. The van der Waals surface area contributed by atoms with Gasteiger partial charge < -0.3 is 9.84 Å². The van der Waals surface area contributed by atoms with Gasteiger partial charge in [0.1, 0.15) is 0 Å². The highest BCUT2D eigenvalue weighted by Gasteiger charge is 2.27. The van der Waals surface area contributed by atoms with E-state index in [1.165, 1.54) is 0 Å². The Morgan fingerprint density at radius 1 is 1.59 bits per heavy atom. The molecular weight excluding hydrogens is 218 g/mol. The summed E-state index contributed by atoms with van der Waals surface area (Å²) in [6.45, 7) is 5.73. The van der Waals surface area contributed by atoms with E-state index in [1.54, 1.807) is 6.92 Å². The molecule has 0 bridgehead atoms. The lowest BCUT2D eigenvalue weighted by Crippen LogP contribution is -2.36. The molecule has 0 aromatic carbocycles. The van der Waals surface area contributed by atoms with Crippen LogP contribution in [0.25, 0.3) is 0 Å². The van der Waals surface area contributed by atoms with E-state index in [2.05, 4.69) is 11.8 Å². The number of hydrogen-bond donors (Lipinski definition) is 1. The fourth-order valence-corrected chi connectivity index (χ4v) is 2.31. The van der Waals surface area contributed by atoms with E-state index in [-0.39, 0.29) is 12.1 Å². The highest BCUT2D eigenvalue weighted by atomic mass is 16.5. The normalized spacial score (nSPS) is 22.6. The zero-order valence-electron chi connectivity index (χ0n) is 11.0. The number of nitrogens with zero attached hydrogens (tertiary/aromatic N) is 1. The van der Waals surface area contributed by atoms with Crippen molar-refractivity contribution in [2.24, 2.45) is 0 Å². The van der Waals surface area contributed by atoms with Gasteiger partial charge in [0.2, 0.25) is 0 Å². The Labute approximate surface area is 104 Å². The average Bonchev–Trinajstić information content (AvgIpc) is 2.65. The summed E-state index contributed by atoms with van der Waals surface area (Å²) in [6, 6.07) is 0.341. The van der Waals surface area contributed by atoms with Gasteiger partial charge in [0.25, 0.3) is 0 Å². The Morgan fingerprint density at radius 3 is 3.00 bits per heavy atom. The highest BCUT2D eigenvalue weighted by molar-refractivity contribution is 5.71. The van der Waals surface area contributed by atoms with Gasteiger partial charge in [-0.1, -0.05) is 13.3 Å². The summed E-state index contributed by atoms with van der Waals surface area (Å²) in [4.78, 5) is 13.7. The van der Waals surface area contributed by atoms with Crippen molar-refractivity contribution < 1.29 is 14.6 Å². The molecule has 0 aromatic heterocycles. The van der Waals surface area contributed by atoms with E-state index < -0.39 is 0 Å². The number of unbranched alkanes of at least 4 members (excludes halogenated alkanes) is 1. The Morgan fingerprint density at radius 2 is 2.35 bits per heavy atom. The summed E-state index contributed by atoms with van der Waals surface area (Å²) in [5.74, 6) is -0.129. The quantitative estimate of drug-likeness (QED) is 0.544. The number of aliphatic hydroxyl groups is 1. The SMILES string of the molecule is CCCCOC(=O)CN1CCCC1CC(C)O. The van der Waals surface area contributed by atoms with Crippen molar-refractivity contribution in [1.29, 1.82) is 0 Å². The molecule has 0 spiro atoms. The van der Waals surface area contributed by atoms with Crippen LogP contribution < -0.4 is 0 Å². The Balaban J connectivity index is 2.26. The summed E-state index contributed by atoms with van der Waals surface area (Å²) >= 11 is 0. The van der Waals surface area contributed by atoms with Crippen LogP contribution in [-0.2, 0) is 9.53 Å². The zero-order valence-corrected chi connectivity index (χ0v) is 11.0. The predicted molar refractivity (Wildman–Crippen MR) is 66.8 cm³/mol. The molecule has 0 aliphatic carbocycles. The van der Waals surface area contributed by atoms with Crippen molar-refractivity contribution in [2.45, 2.75) is 58.1 Å². The molecule has 1 aliphatic rings. The van der Waals surface area contributed by atoms with Crippen LogP contribution in [0.5, 0.6) is 0 Å². The van der Waals surface area contributed by atoms with Crippen molar-refractivity contribution in [2.75, 3.05) is 19.7 Å². The second kappa shape index (κ2) is 7.67. The number of ether oxygens (including phenoxy) is 1. The zero-order chi connectivity index (χ0) is 12.7. The van der Waals surface area contributed by atoms with Gasteiger partial charge in [-0.05, 0) is 39.2 Å². The topological polar surface area (TPSA) is 49.8 Å². The summed E-state index contributed by atoms with van der Waals surface area (Å²) in [5.41, 5.74) is 0. The maximum Gasteiger partial charge on any atom is 0.320 e. The molecule has 0 aromatic rings. The van der Waals surface area contributed by atoms with Gasteiger partial charge in [0.05, 0.1) is 19.3 Å². The second-order valence-corrected chi connectivity index (χ2v) is 4.93. The number of hydrogen-bond acceptors (Lipinski definition) is 4. The molecule has 0 amide bonds. The predicted octanol–water partition coefficient (Wildman–Crippen LogP) is 1.56. The molecule has 1 saturated heterocycles. The molecule has 0 radical (unpaired) electrons. The standard InChI is InChI=1S/C13H25NO3/c1-3-4-8-17-13(16)10-14-7-5-6-12(14)9-11(2)15/h11-12,15H,3-10H2,1-2H3. The minimum atomic E-state index is -0.295.